The van der Waals surface area contributed by atoms with Crippen LogP contribution in [-0.4, -0.2) is 42.2 Å². The van der Waals surface area contributed by atoms with Crippen LogP contribution in [0.5, 0.6) is 0 Å². The lowest BCUT2D eigenvalue weighted by atomic mass is 10.0. The topological polar surface area (TPSA) is 82.8 Å². The molecule has 0 saturated carbocycles. The summed E-state index contributed by atoms with van der Waals surface area (Å²) >= 11 is 0. The van der Waals surface area contributed by atoms with E-state index in [-0.39, 0.29) is 11.6 Å². The predicted octanol–water partition coefficient (Wildman–Crippen LogP) is 2.39. The molecule has 0 aliphatic carbocycles. The summed E-state index contributed by atoms with van der Waals surface area (Å²) in [7, 11) is 3.85. The molecule has 0 saturated heterocycles. The van der Waals surface area contributed by atoms with Crippen LogP contribution in [0.15, 0.2) is 34.8 Å². The minimum atomic E-state index is -0.378. The number of terminal acetylenes is 1. The number of hydrogen-bond donors (Lipinski definition) is 1. The van der Waals surface area contributed by atoms with E-state index >= 15 is 0 Å². The Balaban J connectivity index is 1.64. The average molecular weight is 336 g/mol. The molecule has 128 valence electrons. The molecule has 0 bridgehead atoms. The van der Waals surface area contributed by atoms with E-state index in [0.29, 0.717) is 24.9 Å². The maximum absolute atomic E-state index is 12.4. The highest BCUT2D eigenvalue weighted by Gasteiger charge is 2.38. The fourth-order valence-corrected chi connectivity index (χ4v) is 2.69. The molecular weight excluding hydrogens is 316 g/mol. The van der Waals surface area contributed by atoms with Gasteiger partial charge in [0.25, 0.3) is 5.91 Å². The van der Waals surface area contributed by atoms with Crippen LogP contribution in [-0.2, 0) is 0 Å². The first-order valence-corrected chi connectivity index (χ1v) is 8.12. The van der Waals surface area contributed by atoms with Crippen LogP contribution in [0.2, 0.25) is 0 Å². The van der Waals surface area contributed by atoms with Crippen molar-refractivity contribution in [2.75, 3.05) is 25.5 Å². The fraction of sp³-hybridized carbons (Fsp3) is 0.389. The molecule has 3 rings (SSSR count). The van der Waals surface area contributed by atoms with Crippen molar-refractivity contribution in [3.05, 3.63) is 30.1 Å². The zero-order valence-corrected chi connectivity index (χ0v) is 14.4. The Hall–Kier alpha value is -3.01. The summed E-state index contributed by atoms with van der Waals surface area (Å²) in [5, 5.41) is 11.9. The third-order valence-electron chi connectivity index (χ3n) is 4.16. The Bertz CT molecular complexity index is 861. The summed E-state index contributed by atoms with van der Waals surface area (Å²) in [4.78, 5) is 22.8. The Labute approximate surface area is 146 Å². The molecule has 1 aliphatic rings. The van der Waals surface area contributed by atoms with Gasteiger partial charge in [0, 0.05) is 50.9 Å². The molecule has 0 atom stereocenters. The first-order valence-electron chi connectivity index (χ1n) is 8.12. The number of aromatic nitrogens is 2. The van der Waals surface area contributed by atoms with Crippen molar-refractivity contribution in [3.8, 4) is 12.3 Å². The highest BCUT2D eigenvalue weighted by Crippen LogP contribution is 2.36. The highest BCUT2D eigenvalue weighted by atomic mass is 16.1. The number of carbonyl (C=O) groups excluding carboxylic acids is 1. The number of amides is 1. The van der Waals surface area contributed by atoms with Crippen LogP contribution in [0.4, 0.5) is 5.82 Å². The lowest BCUT2D eigenvalue weighted by Gasteiger charge is -2.14. The zero-order chi connectivity index (χ0) is 17.9. The van der Waals surface area contributed by atoms with E-state index in [9.17, 15) is 4.79 Å². The van der Waals surface area contributed by atoms with E-state index in [4.69, 9.17) is 6.42 Å². The van der Waals surface area contributed by atoms with Crippen LogP contribution < -0.4 is 10.2 Å². The Morgan fingerprint density at radius 1 is 1.28 bits per heavy atom. The normalized spacial score (nSPS) is 14.1. The van der Waals surface area contributed by atoms with Gasteiger partial charge in [-0.2, -0.15) is 10.2 Å². The van der Waals surface area contributed by atoms with Crippen molar-refractivity contribution in [3.63, 3.8) is 0 Å². The second-order valence-corrected chi connectivity index (χ2v) is 6.22. The Kier molecular flexibility index (Phi) is 4.61. The summed E-state index contributed by atoms with van der Waals surface area (Å²) < 4.78 is 0. The van der Waals surface area contributed by atoms with Gasteiger partial charge in [-0.05, 0) is 18.2 Å². The van der Waals surface area contributed by atoms with Crippen LogP contribution in [0.1, 0.15) is 29.6 Å². The van der Waals surface area contributed by atoms with Gasteiger partial charge in [0.2, 0.25) is 0 Å². The molecule has 1 aromatic carbocycles. The van der Waals surface area contributed by atoms with E-state index in [1.165, 1.54) is 6.33 Å². The Morgan fingerprint density at radius 2 is 2.08 bits per heavy atom. The Morgan fingerprint density at radius 3 is 2.76 bits per heavy atom. The van der Waals surface area contributed by atoms with Crippen molar-refractivity contribution < 1.29 is 4.79 Å². The van der Waals surface area contributed by atoms with Gasteiger partial charge in [0.05, 0.1) is 5.52 Å². The van der Waals surface area contributed by atoms with Crippen LogP contribution in [0, 0.1) is 12.3 Å². The molecule has 0 fully saturated rings. The molecule has 1 aliphatic heterocycles. The fourth-order valence-electron chi connectivity index (χ4n) is 2.69. The SMILES string of the molecule is C#CCCC1(CCNC(=O)c2ccc3c(N(C)C)ncnc3c2)N=N1. The van der Waals surface area contributed by atoms with Crippen molar-refractivity contribution in [2.24, 2.45) is 10.2 Å². The maximum atomic E-state index is 12.4. The minimum absolute atomic E-state index is 0.139. The van der Waals surface area contributed by atoms with Crippen LogP contribution >= 0.6 is 0 Å². The van der Waals surface area contributed by atoms with Gasteiger partial charge in [-0.1, -0.05) is 0 Å². The molecule has 2 heterocycles. The number of benzene rings is 1. The number of nitrogens with zero attached hydrogens (tertiary/aromatic N) is 5. The van der Waals surface area contributed by atoms with E-state index in [1.54, 1.807) is 12.1 Å². The molecule has 1 amide bonds. The lowest BCUT2D eigenvalue weighted by molar-refractivity contribution is 0.0952. The molecular formula is C18H20N6O. The quantitative estimate of drug-likeness (QED) is 0.787. The largest absolute Gasteiger partial charge is 0.362 e. The third kappa shape index (κ3) is 3.74. The summed E-state index contributed by atoms with van der Waals surface area (Å²) in [5.74, 6) is 3.28. The van der Waals surface area contributed by atoms with E-state index in [0.717, 1.165) is 23.1 Å². The van der Waals surface area contributed by atoms with Gasteiger partial charge in [-0.15, -0.1) is 12.3 Å². The molecule has 2 aromatic rings. The molecule has 0 radical (unpaired) electrons. The molecule has 1 aromatic heterocycles. The third-order valence-corrected chi connectivity index (χ3v) is 4.16. The highest BCUT2D eigenvalue weighted by molar-refractivity contribution is 5.99. The van der Waals surface area contributed by atoms with Gasteiger partial charge in [-0.3, -0.25) is 4.79 Å². The summed E-state index contributed by atoms with van der Waals surface area (Å²) in [6.45, 7) is 0.501. The molecule has 7 heteroatoms. The average Bonchev–Trinajstić information content (AvgIpc) is 3.38. The molecule has 0 spiro atoms. The minimum Gasteiger partial charge on any atom is -0.362 e. The number of rotatable bonds is 7. The number of hydrogen-bond acceptors (Lipinski definition) is 6. The van der Waals surface area contributed by atoms with E-state index < -0.39 is 0 Å². The lowest BCUT2D eigenvalue weighted by Crippen LogP contribution is -2.28. The number of nitrogens with one attached hydrogen (secondary N) is 1. The van der Waals surface area contributed by atoms with Crippen molar-refractivity contribution in [1.29, 1.82) is 0 Å². The van der Waals surface area contributed by atoms with Crippen molar-refractivity contribution >= 4 is 22.6 Å². The number of carbonyl (C=O) groups is 1. The van der Waals surface area contributed by atoms with Gasteiger partial charge in [-0.25, -0.2) is 9.97 Å². The monoisotopic (exact) mass is 336 g/mol. The van der Waals surface area contributed by atoms with Crippen LogP contribution in [0.25, 0.3) is 10.9 Å². The molecule has 1 N–H and O–H groups in total. The summed E-state index contributed by atoms with van der Waals surface area (Å²) in [6, 6.07) is 5.44. The van der Waals surface area contributed by atoms with Crippen molar-refractivity contribution in [1.82, 2.24) is 15.3 Å². The van der Waals surface area contributed by atoms with Gasteiger partial charge >= 0.3 is 0 Å². The molecule has 0 unspecified atom stereocenters. The molecule has 25 heavy (non-hydrogen) atoms. The first-order chi connectivity index (χ1) is 12.0. The van der Waals surface area contributed by atoms with Gasteiger partial charge < -0.3 is 10.2 Å². The van der Waals surface area contributed by atoms with Crippen LogP contribution in [0.3, 0.4) is 0 Å². The number of anilines is 1. The molecule has 7 nitrogen and oxygen atoms in total. The van der Waals surface area contributed by atoms with Crippen molar-refractivity contribution in [2.45, 2.75) is 24.9 Å². The second-order valence-electron chi connectivity index (χ2n) is 6.22. The van der Waals surface area contributed by atoms with Gasteiger partial charge in [0.15, 0.2) is 5.66 Å². The smallest absolute Gasteiger partial charge is 0.251 e. The predicted molar refractivity (Wildman–Crippen MR) is 96.5 cm³/mol. The second kappa shape index (κ2) is 6.85. The first kappa shape index (κ1) is 16.8. The van der Waals surface area contributed by atoms with E-state index in [2.05, 4.69) is 31.4 Å². The van der Waals surface area contributed by atoms with Gasteiger partial charge in [0.1, 0.15) is 12.1 Å². The number of fused-ring (bicyclic) bond motifs is 1. The summed E-state index contributed by atoms with van der Waals surface area (Å²) in [5.41, 5.74) is 0.930. The zero-order valence-electron chi connectivity index (χ0n) is 14.4. The summed E-state index contributed by atoms with van der Waals surface area (Å²) in [6.07, 6.45) is 8.82. The van der Waals surface area contributed by atoms with E-state index in [1.807, 2.05) is 25.1 Å². The maximum Gasteiger partial charge on any atom is 0.251 e. The standard InChI is InChI=1S/C18H20N6O/c1-4-5-8-18(22-23-18)9-10-19-17(25)13-6-7-14-15(11-13)20-12-21-16(14)24(2)3/h1,6-7,11-12H,5,8-10H2,2-3H3,(H,19,25).